The lowest BCUT2D eigenvalue weighted by Gasteiger charge is -2.24. The predicted molar refractivity (Wildman–Crippen MR) is 120 cm³/mol. The van der Waals surface area contributed by atoms with Gasteiger partial charge in [-0.3, -0.25) is 4.99 Å². The molecule has 0 spiro atoms. The fraction of sp³-hybridized carbons (Fsp3) is 0.167. The number of nitrogens with zero attached hydrogens (tertiary/aromatic N) is 1. The summed E-state index contributed by atoms with van der Waals surface area (Å²) in [5.41, 5.74) is 0.870. The van der Waals surface area contributed by atoms with E-state index in [4.69, 9.17) is 4.74 Å². The number of carbonyl (C=O) groups is 1. The highest BCUT2D eigenvalue weighted by atomic mass is 19.1. The molecule has 1 aliphatic heterocycles. The molecule has 9 heteroatoms. The molecule has 6 nitrogen and oxygen atoms in total. The van der Waals surface area contributed by atoms with Crippen molar-refractivity contribution in [3.05, 3.63) is 89.7 Å². The van der Waals surface area contributed by atoms with Crippen LogP contribution in [0.5, 0.6) is 5.75 Å². The summed E-state index contributed by atoms with van der Waals surface area (Å²) in [6.45, 7) is 0.0524. The Hall–Kier alpha value is -4.01. The molecule has 170 valence electrons. The number of hydrogen-bond donors (Lipinski definition) is 3. The summed E-state index contributed by atoms with van der Waals surface area (Å²) >= 11 is 0. The highest BCUT2D eigenvalue weighted by Crippen LogP contribution is 2.33. The van der Waals surface area contributed by atoms with Crippen LogP contribution in [0.25, 0.3) is 0 Å². The monoisotopic (exact) mass is 454 g/mol. The Bertz CT molecular complexity index is 1150. The van der Waals surface area contributed by atoms with E-state index in [1.165, 1.54) is 31.4 Å². The number of anilines is 2. The maximum atomic E-state index is 14.8. The van der Waals surface area contributed by atoms with E-state index in [9.17, 15) is 18.0 Å². The minimum absolute atomic E-state index is 0.0499. The topological polar surface area (TPSA) is 74.8 Å². The van der Waals surface area contributed by atoms with Gasteiger partial charge in [-0.05, 0) is 36.4 Å². The number of amides is 2. The lowest BCUT2D eigenvalue weighted by molar-refractivity contribution is 0.250. The minimum atomic E-state index is -0.858. The Labute approximate surface area is 188 Å². The number of amidine groups is 1. The van der Waals surface area contributed by atoms with E-state index < -0.39 is 35.4 Å². The SMILES string of the molecule is COc1cc(F)c(C2CN=C(Nc3ccccc3)C2NC(=O)Nc2ccc(F)cc2)c(F)c1. The van der Waals surface area contributed by atoms with E-state index in [-0.39, 0.29) is 17.9 Å². The van der Waals surface area contributed by atoms with Crippen molar-refractivity contribution in [2.75, 3.05) is 24.3 Å². The van der Waals surface area contributed by atoms with Gasteiger partial charge in [-0.1, -0.05) is 18.2 Å². The summed E-state index contributed by atoms with van der Waals surface area (Å²) in [6.07, 6.45) is 0. The van der Waals surface area contributed by atoms with Crippen LogP contribution in [0.15, 0.2) is 71.7 Å². The number of halogens is 3. The second kappa shape index (κ2) is 9.64. The molecule has 0 saturated carbocycles. The summed E-state index contributed by atoms with van der Waals surface area (Å²) in [5.74, 6) is -2.42. The third kappa shape index (κ3) is 5.08. The van der Waals surface area contributed by atoms with Crippen LogP contribution in [0.2, 0.25) is 0 Å². The maximum absolute atomic E-state index is 14.8. The molecule has 33 heavy (non-hydrogen) atoms. The molecular weight excluding hydrogens is 433 g/mol. The van der Waals surface area contributed by atoms with E-state index >= 15 is 0 Å². The lowest BCUT2D eigenvalue weighted by Crippen LogP contribution is -2.47. The average Bonchev–Trinajstić information content (AvgIpc) is 3.17. The number of hydrogen-bond acceptors (Lipinski definition) is 4. The molecule has 3 aromatic carbocycles. The summed E-state index contributed by atoms with van der Waals surface area (Å²) in [7, 11) is 1.32. The molecule has 1 heterocycles. The first-order chi connectivity index (χ1) is 15.9. The number of methoxy groups -OCH3 is 1. The molecule has 1 aliphatic rings. The van der Waals surface area contributed by atoms with E-state index in [2.05, 4.69) is 20.9 Å². The number of carbonyl (C=O) groups excluding carboxylic acids is 1. The number of nitrogens with one attached hydrogen (secondary N) is 3. The first-order valence-electron chi connectivity index (χ1n) is 10.2. The number of urea groups is 1. The quantitative estimate of drug-likeness (QED) is 0.513. The van der Waals surface area contributed by atoms with Crippen molar-refractivity contribution in [1.82, 2.24) is 5.32 Å². The smallest absolute Gasteiger partial charge is 0.319 e. The fourth-order valence-electron chi connectivity index (χ4n) is 3.68. The van der Waals surface area contributed by atoms with E-state index in [0.717, 1.165) is 12.1 Å². The van der Waals surface area contributed by atoms with Gasteiger partial charge in [-0.2, -0.15) is 0 Å². The van der Waals surface area contributed by atoms with Crippen molar-refractivity contribution in [2.45, 2.75) is 12.0 Å². The van der Waals surface area contributed by atoms with Crippen molar-refractivity contribution in [2.24, 2.45) is 4.99 Å². The van der Waals surface area contributed by atoms with Crippen LogP contribution in [0.1, 0.15) is 11.5 Å². The molecule has 0 fully saturated rings. The number of aliphatic imine (C=N–C) groups is 1. The maximum Gasteiger partial charge on any atom is 0.319 e. The molecule has 4 rings (SSSR count). The van der Waals surface area contributed by atoms with Crippen molar-refractivity contribution >= 4 is 23.2 Å². The molecule has 3 N–H and O–H groups in total. The molecule has 0 radical (unpaired) electrons. The van der Waals surface area contributed by atoms with Gasteiger partial charge in [0.15, 0.2) is 0 Å². The van der Waals surface area contributed by atoms with Crippen LogP contribution >= 0.6 is 0 Å². The highest BCUT2D eigenvalue weighted by Gasteiger charge is 2.37. The Balaban J connectivity index is 1.61. The van der Waals surface area contributed by atoms with Gasteiger partial charge in [0.2, 0.25) is 0 Å². The van der Waals surface area contributed by atoms with Crippen LogP contribution in [0.3, 0.4) is 0 Å². The third-order valence-corrected chi connectivity index (χ3v) is 5.25. The Morgan fingerprint density at radius 3 is 2.27 bits per heavy atom. The first kappa shape index (κ1) is 22.2. The minimum Gasteiger partial charge on any atom is -0.497 e. The van der Waals surface area contributed by atoms with Gasteiger partial charge in [-0.25, -0.2) is 18.0 Å². The average molecular weight is 454 g/mol. The first-order valence-corrected chi connectivity index (χ1v) is 10.2. The molecule has 2 unspecified atom stereocenters. The van der Waals surface area contributed by atoms with Crippen LogP contribution in [-0.2, 0) is 0 Å². The van der Waals surface area contributed by atoms with Crippen molar-refractivity contribution in [3.63, 3.8) is 0 Å². The van der Waals surface area contributed by atoms with Crippen molar-refractivity contribution in [3.8, 4) is 5.75 Å². The van der Waals surface area contributed by atoms with Crippen molar-refractivity contribution < 1.29 is 22.7 Å². The number of benzene rings is 3. The second-order valence-corrected chi connectivity index (χ2v) is 7.41. The van der Waals surface area contributed by atoms with Crippen LogP contribution in [0.4, 0.5) is 29.3 Å². The van der Waals surface area contributed by atoms with Gasteiger partial charge in [0, 0.05) is 35.0 Å². The number of rotatable bonds is 5. The van der Waals surface area contributed by atoms with Crippen molar-refractivity contribution in [1.29, 1.82) is 0 Å². The lowest BCUT2D eigenvalue weighted by atomic mass is 9.91. The molecule has 0 bridgehead atoms. The number of ether oxygens (including phenoxy) is 1. The van der Waals surface area contributed by atoms with Gasteiger partial charge in [-0.15, -0.1) is 0 Å². The van der Waals surface area contributed by atoms with Gasteiger partial charge >= 0.3 is 6.03 Å². The van der Waals surface area contributed by atoms with Gasteiger partial charge in [0.25, 0.3) is 0 Å². The molecule has 2 atom stereocenters. The molecule has 3 aromatic rings. The fourth-order valence-corrected chi connectivity index (χ4v) is 3.68. The van der Waals surface area contributed by atoms with Crippen LogP contribution in [0, 0.1) is 17.5 Å². The molecule has 0 aliphatic carbocycles. The van der Waals surface area contributed by atoms with Gasteiger partial charge in [0.1, 0.15) is 29.0 Å². The zero-order chi connectivity index (χ0) is 23.4. The molecule has 0 saturated heterocycles. The molecular formula is C24H21F3N4O2. The zero-order valence-corrected chi connectivity index (χ0v) is 17.6. The Kier molecular flexibility index (Phi) is 6.48. The molecule has 2 amide bonds. The van der Waals surface area contributed by atoms with E-state index in [1.807, 2.05) is 18.2 Å². The Morgan fingerprint density at radius 1 is 0.970 bits per heavy atom. The second-order valence-electron chi connectivity index (χ2n) is 7.41. The number of para-hydroxylation sites is 1. The zero-order valence-electron chi connectivity index (χ0n) is 17.6. The summed E-state index contributed by atoms with van der Waals surface area (Å²) in [6, 6.07) is 15.0. The van der Waals surface area contributed by atoms with Crippen LogP contribution in [-0.4, -0.2) is 31.6 Å². The van der Waals surface area contributed by atoms with E-state index in [1.54, 1.807) is 12.1 Å². The van der Waals surface area contributed by atoms with Crippen LogP contribution < -0.4 is 20.7 Å². The van der Waals surface area contributed by atoms with Gasteiger partial charge in [0.05, 0.1) is 19.7 Å². The third-order valence-electron chi connectivity index (χ3n) is 5.25. The Morgan fingerprint density at radius 2 is 1.64 bits per heavy atom. The summed E-state index contributed by atoms with van der Waals surface area (Å²) in [4.78, 5) is 17.1. The van der Waals surface area contributed by atoms with Gasteiger partial charge < -0.3 is 20.7 Å². The van der Waals surface area contributed by atoms with E-state index in [0.29, 0.717) is 17.2 Å². The summed E-state index contributed by atoms with van der Waals surface area (Å²) < 4.78 is 47.8. The molecule has 0 aromatic heterocycles. The highest BCUT2D eigenvalue weighted by molar-refractivity contribution is 6.04. The standard InChI is InChI=1S/C24H21F3N4O2/c1-33-17-11-19(26)21(20(27)12-17)18-13-28-23(29-15-5-3-2-4-6-15)22(18)31-24(32)30-16-9-7-14(25)8-10-16/h2-12,18,22H,13H2,1H3,(H,28,29)(H2,30,31,32). The largest absolute Gasteiger partial charge is 0.497 e. The summed E-state index contributed by atoms with van der Waals surface area (Å²) in [5, 5.41) is 8.45. The normalized spacial score (nSPS) is 17.3. The predicted octanol–water partition coefficient (Wildman–Crippen LogP) is 4.91.